The molecule has 0 radical (unpaired) electrons. The third kappa shape index (κ3) is 4.28. The van der Waals surface area contributed by atoms with Gasteiger partial charge in [-0.25, -0.2) is 4.98 Å². The molecule has 6 nitrogen and oxygen atoms in total. The van der Waals surface area contributed by atoms with Gasteiger partial charge in [0, 0.05) is 25.2 Å². The Kier molecular flexibility index (Phi) is 5.43. The average Bonchev–Trinajstić information content (AvgIpc) is 3.02. The molecule has 1 amide bonds. The molecule has 0 unspecified atom stereocenters. The molecule has 1 N–H and O–H groups in total. The summed E-state index contributed by atoms with van der Waals surface area (Å²) < 4.78 is 11.0. The molecule has 7 heteroatoms. The topological polar surface area (TPSA) is 67.6 Å². The van der Waals surface area contributed by atoms with Crippen molar-refractivity contribution in [1.82, 2.24) is 15.2 Å². The van der Waals surface area contributed by atoms with Gasteiger partial charge in [-0.2, -0.15) is 0 Å². The number of oxazole rings is 1. The Morgan fingerprint density at radius 1 is 1.33 bits per heavy atom. The number of hydrogen-bond acceptors (Lipinski definition) is 6. The minimum Gasteiger partial charge on any atom is -0.431 e. The zero-order chi connectivity index (χ0) is 17.0. The summed E-state index contributed by atoms with van der Waals surface area (Å²) in [5.74, 6) is 0.287. The Morgan fingerprint density at radius 2 is 2.08 bits per heavy atom. The minimum atomic E-state index is -0.0816. The van der Waals surface area contributed by atoms with E-state index in [2.05, 4.69) is 29.0 Å². The van der Waals surface area contributed by atoms with Gasteiger partial charge in [0.2, 0.25) is 5.91 Å². The van der Waals surface area contributed by atoms with E-state index in [1.165, 1.54) is 11.8 Å². The number of para-hydroxylation sites is 2. The Bertz CT molecular complexity index is 662. The highest BCUT2D eigenvalue weighted by molar-refractivity contribution is 7.99. The largest absolute Gasteiger partial charge is 0.431 e. The van der Waals surface area contributed by atoms with Crippen molar-refractivity contribution in [2.24, 2.45) is 0 Å². The number of rotatable bonds is 6. The van der Waals surface area contributed by atoms with Crippen molar-refractivity contribution >= 4 is 28.8 Å². The lowest BCUT2D eigenvalue weighted by Crippen LogP contribution is -2.55. The predicted octanol–water partition coefficient (Wildman–Crippen LogP) is 2.15. The molecule has 2 aromatic rings. The molecular weight excluding hydrogens is 326 g/mol. The molecule has 1 aromatic carbocycles. The van der Waals surface area contributed by atoms with Gasteiger partial charge in [-0.15, -0.1) is 0 Å². The second-order valence-corrected chi connectivity index (χ2v) is 7.35. The first-order valence-corrected chi connectivity index (χ1v) is 9.11. The van der Waals surface area contributed by atoms with Crippen LogP contribution in [0, 0.1) is 0 Å². The third-order valence-corrected chi connectivity index (χ3v) is 5.01. The number of thioether (sulfide) groups is 1. The number of morpholine rings is 1. The summed E-state index contributed by atoms with van der Waals surface area (Å²) in [5, 5.41) is 3.54. The van der Waals surface area contributed by atoms with Gasteiger partial charge in [0.05, 0.1) is 19.0 Å². The van der Waals surface area contributed by atoms with E-state index in [1.807, 2.05) is 24.3 Å². The Labute approximate surface area is 145 Å². The predicted molar refractivity (Wildman–Crippen MR) is 94.2 cm³/mol. The molecule has 0 saturated carbocycles. The van der Waals surface area contributed by atoms with E-state index in [4.69, 9.17) is 9.15 Å². The van der Waals surface area contributed by atoms with Crippen LogP contribution in [0.15, 0.2) is 33.9 Å². The maximum atomic E-state index is 12.1. The van der Waals surface area contributed by atoms with Gasteiger partial charge in [0.25, 0.3) is 5.22 Å². The van der Waals surface area contributed by atoms with Crippen molar-refractivity contribution in [2.45, 2.75) is 24.6 Å². The van der Waals surface area contributed by atoms with Crippen LogP contribution in [-0.4, -0.2) is 59.9 Å². The van der Waals surface area contributed by atoms with Crippen LogP contribution in [-0.2, 0) is 9.53 Å². The van der Waals surface area contributed by atoms with Crippen LogP contribution in [0.2, 0.25) is 0 Å². The molecule has 0 atom stereocenters. The molecule has 0 spiro atoms. The number of fused-ring (bicyclic) bond motifs is 1. The number of amides is 1. The molecule has 0 aliphatic carbocycles. The third-order valence-electron chi connectivity index (χ3n) is 4.19. The number of benzene rings is 1. The number of ether oxygens (including phenoxy) is 1. The van der Waals surface area contributed by atoms with Gasteiger partial charge in [-0.1, -0.05) is 23.9 Å². The molecule has 130 valence electrons. The summed E-state index contributed by atoms with van der Waals surface area (Å²) in [6, 6.07) is 7.59. The quantitative estimate of drug-likeness (QED) is 0.806. The van der Waals surface area contributed by atoms with Gasteiger partial charge in [0.1, 0.15) is 5.52 Å². The normalized spacial score (nSPS) is 16.4. The van der Waals surface area contributed by atoms with E-state index >= 15 is 0 Å². The molecule has 2 heterocycles. The van der Waals surface area contributed by atoms with Crippen molar-refractivity contribution in [3.8, 4) is 0 Å². The van der Waals surface area contributed by atoms with Crippen LogP contribution in [0.25, 0.3) is 11.1 Å². The molecule has 1 saturated heterocycles. The van der Waals surface area contributed by atoms with Gasteiger partial charge < -0.3 is 14.5 Å². The number of carbonyl (C=O) groups is 1. The number of nitrogens with zero attached hydrogens (tertiary/aromatic N) is 2. The van der Waals surface area contributed by atoms with Crippen LogP contribution in [0.4, 0.5) is 0 Å². The van der Waals surface area contributed by atoms with Gasteiger partial charge >= 0.3 is 0 Å². The van der Waals surface area contributed by atoms with E-state index in [-0.39, 0.29) is 11.4 Å². The van der Waals surface area contributed by atoms with Crippen LogP contribution in [0.5, 0.6) is 0 Å². The number of nitrogens with one attached hydrogen (secondary N) is 1. The van der Waals surface area contributed by atoms with E-state index in [0.717, 1.165) is 37.4 Å². The highest BCUT2D eigenvalue weighted by Gasteiger charge is 2.28. The summed E-state index contributed by atoms with van der Waals surface area (Å²) in [7, 11) is 0. The summed E-state index contributed by atoms with van der Waals surface area (Å²) in [4.78, 5) is 18.8. The minimum absolute atomic E-state index is 0.0106. The molecule has 3 rings (SSSR count). The van der Waals surface area contributed by atoms with Crippen LogP contribution in [0.1, 0.15) is 13.8 Å². The van der Waals surface area contributed by atoms with Crippen molar-refractivity contribution in [1.29, 1.82) is 0 Å². The highest BCUT2D eigenvalue weighted by Crippen LogP contribution is 2.23. The van der Waals surface area contributed by atoms with Crippen molar-refractivity contribution in [2.75, 3.05) is 38.6 Å². The first kappa shape index (κ1) is 17.3. The van der Waals surface area contributed by atoms with E-state index in [9.17, 15) is 4.79 Å². The average molecular weight is 349 g/mol. The summed E-state index contributed by atoms with van der Waals surface area (Å²) >= 11 is 1.32. The van der Waals surface area contributed by atoms with Crippen molar-refractivity contribution < 1.29 is 13.9 Å². The van der Waals surface area contributed by atoms with Gasteiger partial charge in [0.15, 0.2) is 5.58 Å². The van der Waals surface area contributed by atoms with E-state index in [1.54, 1.807) is 0 Å². The van der Waals surface area contributed by atoms with Crippen LogP contribution < -0.4 is 5.32 Å². The molecule has 1 aliphatic heterocycles. The fourth-order valence-electron chi connectivity index (χ4n) is 2.69. The molecule has 0 bridgehead atoms. The summed E-state index contributed by atoms with van der Waals surface area (Å²) in [6.45, 7) is 8.22. The monoisotopic (exact) mass is 349 g/mol. The van der Waals surface area contributed by atoms with Gasteiger partial charge in [-0.05, 0) is 26.0 Å². The second-order valence-electron chi connectivity index (χ2n) is 6.42. The zero-order valence-corrected chi connectivity index (χ0v) is 14.9. The van der Waals surface area contributed by atoms with Crippen molar-refractivity contribution in [3.05, 3.63) is 24.3 Å². The lowest BCUT2D eigenvalue weighted by atomic mass is 10.0. The number of hydrogen-bond donors (Lipinski definition) is 1. The van der Waals surface area contributed by atoms with Crippen LogP contribution in [0.3, 0.4) is 0 Å². The number of aromatic nitrogens is 1. The van der Waals surface area contributed by atoms with E-state index < -0.39 is 0 Å². The number of carbonyl (C=O) groups excluding carboxylic acids is 1. The van der Waals surface area contributed by atoms with Crippen LogP contribution >= 0.6 is 11.8 Å². The Balaban J connectivity index is 1.46. The molecule has 24 heavy (non-hydrogen) atoms. The maximum absolute atomic E-state index is 12.1. The highest BCUT2D eigenvalue weighted by atomic mass is 32.2. The first-order valence-electron chi connectivity index (χ1n) is 8.12. The fraction of sp³-hybridized carbons (Fsp3) is 0.529. The lowest BCUT2D eigenvalue weighted by molar-refractivity contribution is -0.119. The maximum Gasteiger partial charge on any atom is 0.257 e. The zero-order valence-electron chi connectivity index (χ0n) is 14.1. The molecule has 1 aliphatic rings. The first-order chi connectivity index (χ1) is 11.5. The Hall–Kier alpha value is -1.57. The fourth-order valence-corrected chi connectivity index (χ4v) is 3.35. The standard InChI is InChI=1S/C17H23N3O3S/c1-17(2,20-7-9-22-10-8-20)12-18-15(21)11-24-16-19-13-5-3-4-6-14(13)23-16/h3-6H,7-12H2,1-2H3,(H,18,21). The van der Waals surface area contributed by atoms with Crippen molar-refractivity contribution in [3.63, 3.8) is 0 Å². The summed E-state index contributed by atoms with van der Waals surface area (Å²) in [6.07, 6.45) is 0. The molecular formula is C17H23N3O3S. The molecule has 1 aromatic heterocycles. The smallest absolute Gasteiger partial charge is 0.257 e. The molecule has 1 fully saturated rings. The lowest BCUT2D eigenvalue weighted by Gasteiger charge is -2.40. The summed E-state index contributed by atoms with van der Waals surface area (Å²) in [5.41, 5.74) is 1.48. The Morgan fingerprint density at radius 3 is 2.83 bits per heavy atom. The van der Waals surface area contributed by atoms with E-state index in [0.29, 0.717) is 17.5 Å². The van der Waals surface area contributed by atoms with Gasteiger partial charge in [-0.3, -0.25) is 9.69 Å². The second kappa shape index (κ2) is 7.55. The SMILES string of the molecule is CC(C)(CNC(=O)CSc1nc2ccccc2o1)N1CCOCC1.